The molecule has 19 heavy (non-hydrogen) atoms. The highest BCUT2D eigenvalue weighted by molar-refractivity contribution is 7.09. The van der Waals surface area contributed by atoms with Crippen LogP contribution in [0, 0.1) is 6.92 Å². The van der Waals surface area contributed by atoms with E-state index >= 15 is 0 Å². The van der Waals surface area contributed by atoms with E-state index < -0.39 is 5.97 Å². The minimum atomic E-state index is -0.447. The van der Waals surface area contributed by atoms with E-state index in [1.54, 1.807) is 17.4 Å². The van der Waals surface area contributed by atoms with Crippen molar-refractivity contribution in [3.63, 3.8) is 0 Å². The van der Waals surface area contributed by atoms with Gasteiger partial charge in [-0.3, -0.25) is 0 Å². The largest absolute Gasteiger partial charge is 0.463 e. The van der Waals surface area contributed by atoms with Crippen molar-refractivity contribution >= 4 is 17.3 Å². The van der Waals surface area contributed by atoms with Crippen LogP contribution in [0.5, 0.6) is 0 Å². The van der Waals surface area contributed by atoms with E-state index in [0.717, 1.165) is 29.2 Å². The van der Waals surface area contributed by atoms with Gasteiger partial charge in [0.1, 0.15) is 0 Å². The summed E-state index contributed by atoms with van der Waals surface area (Å²) in [4.78, 5) is 15.8. The van der Waals surface area contributed by atoms with E-state index in [1.807, 2.05) is 6.92 Å². The molecule has 1 N–H and O–H groups in total. The number of aryl methyl sites for hydroxylation is 1. The number of esters is 1. The molecule has 102 valence electrons. The van der Waals surface area contributed by atoms with Crippen LogP contribution in [0.2, 0.25) is 0 Å². The molecule has 2 rings (SSSR count). The van der Waals surface area contributed by atoms with Gasteiger partial charge in [-0.25, -0.2) is 9.78 Å². The molecule has 0 saturated carbocycles. The van der Waals surface area contributed by atoms with Crippen LogP contribution in [0.4, 0.5) is 0 Å². The standard InChI is InChI=1S/C13H16N2O3S/c1-9-15-11(8-19-9)3-5-14-7-10-4-6-18-12(10)13(16)17-2/h4,6,8,14H,3,5,7H2,1-2H3. The van der Waals surface area contributed by atoms with Gasteiger partial charge in [-0.05, 0) is 13.0 Å². The van der Waals surface area contributed by atoms with Crippen molar-refractivity contribution in [3.8, 4) is 0 Å². The number of methoxy groups -OCH3 is 1. The second kappa shape index (κ2) is 6.49. The summed E-state index contributed by atoms with van der Waals surface area (Å²) >= 11 is 1.65. The highest BCUT2D eigenvalue weighted by Crippen LogP contribution is 2.12. The van der Waals surface area contributed by atoms with E-state index in [4.69, 9.17) is 4.42 Å². The van der Waals surface area contributed by atoms with E-state index in [2.05, 4.69) is 20.4 Å². The molecule has 0 aliphatic heterocycles. The lowest BCUT2D eigenvalue weighted by Gasteiger charge is -2.03. The molecule has 6 heteroatoms. The summed E-state index contributed by atoms with van der Waals surface area (Å²) in [5, 5.41) is 6.41. The monoisotopic (exact) mass is 280 g/mol. The fraction of sp³-hybridized carbons (Fsp3) is 0.385. The van der Waals surface area contributed by atoms with Crippen molar-refractivity contribution in [1.82, 2.24) is 10.3 Å². The Kier molecular flexibility index (Phi) is 4.70. The van der Waals surface area contributed by atoms with Crippen LogP contribution in [0.25, 0.3) is 0 Å². The highest BCUT2D eigenvalue weighted by Gasteiger charge is 2.14. The van der Waals surface area contributed by atoms with Crippen molar-refractivity contribution in [1.29, 1.82) is 0 Å². The molecule has 0 saturated heterocycles. The molecule has 0 bridgehead atoms. The molecule has 0 fully saturated rings. The number of hydrogen-bond acceptors (Lipinski definition) is 6. The molecule has 0 radical (unpaired) electrons. The number of thiazole rings is 1. The Hall–Kier alpha value is -1.66. The van der Waals surface area contributed by atoms with E-state index in [0.29, 0.717) is 6.54 Å². The van der Waals surface area contributed by atoms with Gasteiger partial charge in [-0.15, -0.1) is 11.3 Å². The number of ether oxygens (including phenoxy) is 1. The first-order valence-electron chi connectivity index (χ1n) is 5.97. The maximum absolute atomic E-state index is 11.4. The van der Waals surface area contributed by atoms with Crippen LogP contribution in [0.15, 0.2) is 22.1 Å². The van der Waals surface area contributed by atoms with Gasteiger partial charge in [0.2, 0.25) is 5.76 Å². The lowest BCUT2D eigenvalue weighted by atomic mass is 10.2. The van der Waals surface area contributed by atoms with Gasteiger partial charge in [-0.1, -0.05) is 0 Å². The average molecular weight is 280 g/mol. The first-order valence-corrected chi connectivity index (χ1v) is 6.85. The minimum Gasteiger partial charge on any atom is -0.463 e. The SMILES string of the molecule is COC(=O)c1occc1CNCCc1csc(C)n1. The van der Waals surface area contributed by atoms with Crippen molar-refractivity contribution < 1.29 is 13.9 Å². The summed E-state index contributed by atoms with van der Waals surface area (Å²) in [6.45, 7) is 3.37. The van der Waals surface area contributed by atoms with Gasteiger partial charge >= 0.3 is 5.97 Å². The Balaban J connectivity index is 1.80. The predicted molar refractivity (Wildman–Crippen MR) is 72.3 cm³/mol. The van der Waals surface area contributed by atoms with E-state index in [-0.39, 0.29) is 5.76 Å². The zero-order valence-electron chi connectivity index (χ0n) is 10.9. The topological polar surface area (TPSA) is 64.4 Å². The summed E-state index contributed by atoms with van der Waals surface area (Å²) in [6, 6.07) is 1.77. The zero-order valence-corrected chi connectivity index (χ0v) is 11.8. The lowest BCUT2D eigenvalue weighted by Crippen LogP contribution is -2.18. The fourth-order valence-corrected chi connectivity index (χ4v) is 2.36. The van der Waals surface area contributed by atoms with E-state index in [9.17, 15) is 4.79 Å². The van der Waals surface area contributed by atoms with Crippen molar-refractivity contribution in [3.05, 3.63) is 39.7 Å². The quantitative estimate of drug-likeness (QED) is 0.649. The second-order valence-electron chi connectivity index (χ2n) is 4.05. The zero-order chi connectivity index (χ0) is 13.7. The van der Waals surface area contributed by atoms with Gasteiger partial charge in [0, 0.05) is 30.5 Å². The molecular weight excluding hydrogens is 264 g/mol. The molecule has 0 spiro atoms. The first kappa shape index (κ1) is 13.8. The van der Waals surface area contributed by atoms with Gasteiger partial charge in [0.05, 0.1) is 24.1 Å². The van der Waals surface area contributed by atoms with Crippen LogP contribution < -0.4 is 5.32 Å². The molecule has 0 aromatic carbocycles. The third-order valence-corrected chi connectivity index (χ3v) is 3.48. The number of furan rings is 1. The summed E-state index contributed by atoms with van der Waals surface area (Å²) in [5.74, 6) is -0.184. The van der Waals surface area contributed by atoms with Gasteiger partial charge in [0.15, 0.2) is 0 Å². The number of carbonyl (C=O) groups is 1. The van der Waals surface area contributed by atoms with Crippen LogP contribution in [0.1, 0.15) is 26.8 Å². The number of carbonyl (C=O) groups excluding carboxylic acids is 1. The second-order valence-corrected chi connectivity index (χ2v) is 5.11. The Morgan fingerprint density at radius 1 is 1.58 bits per heavy atom. The molecule has 2 aromatic heterocycles. The number of rotatable bonds is 6. The number of nitrogens with zero attached hydrogens (tertiary/aromatic N) is 1. The van der Waals surface area contributed by atoms with Crippen molar-refractivity contribution in [2.24, 2.45) is 0 Å². The maximum atomic E-state index is 11.4. The van der Waals surface area contributed by atoms with Crippen LogP contribution in [0.3, 0.4) is 0 Å². The Bertz CT molecular complexity index is 548. The van der Waals surface area contributed by atoms with Crippen LogP contribution in [-0.4, -0.2) is 24.6 Å². The number of aromatic nitrogens is 1. The molecule has 2 heterocycles. The summed E-state index contributed by atoms with van der Waals surface area (Å²) in [6.07, 6.45) is 2.36. The van der Waals surface area contributed by atoms with Gasteiger partial charge in [-0.2, -0.15) is 0 Å². The third-order valence-electron chi connectivity index (χ3n) is 2.66. The Morgan fingerprint density at radius 3 is 3.11 bits per heavy atom. The average Bonchev–Trinajstić information content (AvgIpc) is 3.03. The summed E-state index contributed by atoms with van der Waals surface area (Å²) < 4.78 is 9.76. The third kappa shape index (κ3) is 3.65. The highest BCUT2D eigenvalue weighted by atomic mass is 32.1. The number of nitrogens with one attached hydrogen (secondary N) is 1. The summed E-state index contributed by atoms with van der Waals surface area (Å²) in [7, 11) is 1.34. The number of hydrogen-bond donors (Lipinski definition) is 1. The molecule has 0 aliphatic carbocycles. The van der Waals surface area contributed by atoms with Crippen LogP contribution in [-0.2, 0) is 17.7 Å². The summed E-state index contributed by atoms with van der Waals surface area (Å²) in [5.41, 5.74) is 1.90. The normalized spacial score (nSPS) is 10.6. The van der Waals surface area contributed by atoms with E-state index in [1.165, 1.54) is 13.4 Å². The Labute approximate surface area is 115 Å². The lowest BCUT2D eigenvalue weighted by molar-refractivity contribution is 0.0563. The van der Waals surface area contributed by atoms with Crippen molar-refractivity contribution in [2.75, 3.05) is 13.7 Å². The molecule has 0 unspecified atom stereocenters. The molecule has 2 aromatic rings. The van der Waals surface area contributed by atoms with Gasteiger partial charge < -0.3 is 14.5 Å². The Morgan fingerprint density at radius 2 is 2.42 bits per heavy atom. The maximum Gasteiger partial charge on any atom is 0.374 e. The molecule has 0 amide bonds. The molecule has 5 nitrogen and oxygen atoms in total. The van der Waals surface area contributed by atoms with Gasteiger partial charge in [0.25, 0.3) is 0 Å². The molecular formula is C13H16N2O3S. The minimum absolute atomic E-state index is 0.263. The smallest absolute Gasteiger partial charge is 0.374 e. The first-order chi connectivity index (χ1) is 9.20. The molecule has 0 aliphatic rings. The van der Waals surface area contributed by atoms with Crippen LogP contribution >= 0.6 is 11.3 Å². The predicted octanol–water partition coefficient (Wildman–Crippen LogP) is 2.16. The fourth-order valence-electron chi connectivity index (χ4n) is 1.71. The van der Waals surface area contributed by atoms with Crippen molar-refractivity contribution in [2.45, 2.75) is 19.9 Å². The molecule has 0 atom stereocenters.